The fraction of sp³-hybridized carbons (Fsp3) is 0.308. The lowest BCUT2D eigenvalue weighted by Gasteiger charge is -2.27. The summed E-state index contributed by atoms with van der Waals surface area (Å²) in [6.07, 6.45) is 7.88. The number of pyridine rings is 1. The van der Waals surface area contributed by atoms with E-state index in [4.69, 9.17) is 5.10 Å². The highest BCUT2D eigenvalue weighted by molar-refractivity contribution is 7.99. The predicted molar refractivity (Wildman–Crippen MR) is 132 cm³/mol. The zero-order valence-corrected chi connectivity index (χ0v) is 20.3. The van der Waals surface area contributed by atoms with Gasteiger partial charge in [-0.1, -0.05) is 23.9 Å². The molecule has 0 aliphatic carbocycles. The average Bonchev–Trinajstić information content (AvgIpc) is 3.57. The lowest BCUT2D eigenvalue weighted by Crippen LogP contribution is -2.33. The lowest BCUT2D eigenvalue weighted by atomic mass is 10.1. The van der Waals surface area contributed by atoms with E-state index in [1.54, 1.807) is 16.8 Å². The molecule has 1 aliphatic heterocycles. The van der Waals surface area contributed by atoms with Crippen LogP contribution in [0.1, 0.15) is 42.6 Å². The summed E-state index contributed by atoms with van der Waals surface area (Å²) in [5.41, 5.74) is 4.98. The second-order valence-electron chi connectivity index (χ2n) is 8.79. The van der Waals surface area contributed by atoms with Gasteiger partial charge in [-0.25, -0.2) is 4.52 Å². The number of nitriles is 2. The predicted octanol–water partition coefficient (Wildman–Crippen LogP) is 5.06. The monoisotopic (exact) mass is 467 g/mol. The molecule has 1 fully saturated rings. The van der Waals surface area contributed by atoms with Crippen molar-refractivity contribution in [1.82, 2.24) is 24.3 Å². The number of rotatable bonds is 5. The van der Waals surface area contributed by atoms with E-state index in [1.165, 1.54) is 24.6 Å². The van der Waals surface area contributed by atoms with Crippen LogP contribution in [-0.2, 0) is 0 Å². The van der Waals surface area contributed by atoms with Gasteiger partial charge in [0.05, 0.1) is 35.1 Å². The largest absolute Gasteiger partial charge is 0.301 e. The Kier molecular flexibility index (Phi) is 5.87. The minimum Gasteiger partial charge on any atom is -0.301 e. The Labute approximate surface area is 203 Å². The SMILES string of the molecule is Cc1c(-c2cc(Sc3ccccc3C#N)c3c(C#N)cnn3c2)cnn1[C@@H](C)[C@@H]1CCCN1C. The second-order valence-corrected chi connectivity index (χ2v) is 9.87. The van der Waals surface area contributed by atoms with Crippen molar-refractivity contribution in [3.8, 4) is 23.3 Å². The molecule has 5 rings (SSSR count). The summed E-state index contributed by atoms with van der Waals surface area (Å²) in [6.45, 7) is 5.48. The summed E-state index contributed by atoms with van der Waals surface area (Å²) in [5.74, 6) is 0. The molecule has 0 bridgehead atoms. The van der Waals surface area contributed by atoms with Gasteiger partial charge in [-0.15, -0.1) is 0 Å². The summed E-state index contributed by atoms with van der Waals surface area (Å²) >= 11 is 1.48. The van der Waals surface area contributed by atoms with Gasteiger partial charge in [0.25, 0.3) is 0 Å². The van der Waals surface area contributed by atoms with Crippen LogP contribution in [0.3, 0.4) is 0 Å². The maximum atomic E-state index is 9.65. The molecule has 1 aromatic carbocycles. The van der Waals surface area contributed by atoms with E-state index in [0.717, 1.165) is 38.7 Å². The fourth-order valence-corrected chi connectivity index (χ4v) is 6.08. The first kappa shape index (κ1) is 22.2. The number of benzene rings is 1. The lowest BCUT2D eigenvalue weighted by molar-refractivity contribution is 0.227. The summed E-state index contributed by atoms with van der Waals surface area (Å²) in [6, 6.07) is 14.9. The van der Waals surface area contributed by atoms with Gasteiger partial charge >= 0.3 is 0 Å². The molecule has 1 saturated heterocycles. The van der Waals surface area contributed by atoms with Crippen molar-refractivity contribution in [2.45, 2.75) is 48.6 Å². The smallest absolute Gasteiger partial charge is 0.103 e. The van der Waals surface area contributed by atoms with Crippen molar-refractivity contribution < 1.29 is 0 Å². The van der Waals surface area contributed by atoms with Crippen LogP contribution in [0.2, 0.25) is 0 Å². The molecule has 0 radical (unpaired) electrons. The quantitative estimate of drug-likeness (QED) is 0.408. The van der Waals surface area contributed by atoms with Crippen LogP contribution in [0.4, 0.5) is 0 Å². The maximum absolute atomic E-state index is 9.65. The Bertz CT molecular complexity index is 1450. The third-order valence-corrected chi connectivity index (χ3v) is 7.91. The van der Waals surface area contributed by atoms with Gasteiger partial charge in [0, 0.05) is 38.9 Å². The van der Waals surface area contributed by atoms with Crippen LogP contribution in [0, 0.1) is 29.6 Å². The number of hydrogen-bond donors (Lipinski definition) is 0. The normalized spacial score (nSPS) is 17.0. The number of likely N-dealkylation sites (tertiary alicyclic amines) is 1. The van der Waals surface area contributed by atoms with Crippen LogP contribution < -0.4 is 0 Å². The maximum Gasteiger partial charge on any atom is 0.103 e. The standard InChI is InChI=1S/C26H25N7S/c1-17-22(15-30-33(17)18(2)23-8-6-10-31(23)3)20-11-25(26-21(13-28)14-29-32(26)16-20)34-24-9-5-4-7-19(24)12-27/h4-5,7,9,11,14-16,18,23H,6,8,10H2,1-3H3/t18-,23-/m0/s1. The van der Waals surface area contributed by atoms with Gasteiger partial charge in [0.15, 0.2) is 0 Å². The summed E-state index contributed by atoms with van der Waals surface area (Å²) < 4.78 is 3.89. The minimum atomic E-state index is 0.274. The van der Waals surface area contributed by atoms with Crippen molar-refractivity contribution in [3.05, 3.63) is 65.7 Å². The molecule has 0 saturated carbocycles. The topological polar surface area (TPSA) is 85.9 Å². The molecule has 7 nitrogen and oxygen atoms in total. The molecule has 8 heteroatoms. The van der Waals surface area contributed by atoms with Gasteiger partial charge in [-0.05, 0) is 58.5 Å². The molecule has 0 spiro atoms. The zero-order valence-electron chi connectivity index (χ0n) is 19.4. The molecule has 0 N–H and O–H groups in total. The van der Waals surface area contributed by atoms with E-state index in [2.05, 4.69) is 53.8 Å². The third kappa shape index (κ3) is 3.75. The highest BCUT2D eigenvalue weighted by Gasteiger charge is 2.29. The van der Waals surface area contributed by atoms with Gasteiger partial charge < -0.3 is 4.90 Å². The van der Waals surface area contributed by atoms with Gasteiger partial charge in [0.2, 0.25) is 0 Å². The Morgan fingerprint density at radius 3 is 2.62 bits per heavy atom. The Morgan fingerprint density at radius 2 is 1.88 bits per heavy atom. The Balaban J connectivity index is 1.60. The summed E-state index contributed by atoms with van der Waals surface area (Å²) in [4.78, 5) is 4.15. The van der Waals surface area contributed by atoms with Crippen molar-refractivity contribution in [2.75, 3.05) is 13.6 Å². The molecular weight excluding hydrogens is 442 g/mol. The molecule has 0 unspecified atom stereocenters. The first-order valence-corrected chi connectivity index (χ1v) is 12.2. The molecule has 1 aliphatic rings. The van der Waals surface area contributed by atoms with E-state index in [-0.39, 0.29) is 6.04 Å². The molecular formula is C26H25N7S. The van der Waals surface area contributed by atoms with Crippen molar-refractivity contribution in [1.29, 1.82) is 10.5 Å². The van der Waals surface area contributed by atoms with Gasteiger partial charge in [0.1, 0.15) is 12.1 Å². The van der Waals surface area contributed by atoms with Crippen LogP contribution in [-0.4, -0.2) is 43.9 Å². The Hall–Kier alpha value is -3.59. The second kappa shape index (κ2) is 8.98. The van der Waals surface area contributed by atoms with Crippen LogP contribution in [0.15, 0.2) is 58.7 Å². The van der Waals surface area contributed by atoms with Crippen molar-refractivity contribution in [3.63, 3.8) is 0 Å². The highest BCUT2D eigenvalue weighted by atomic mass is 32.2. The number of aromatic nitrogens is 4. The number of hydrogen-bond acceptors (Lipinski definition) is 6. The average molecular weight is 468 g/mol. The van der Waals surface area contributed by atoms with E-state index in [9.17, 15) is 10.5 Å². The third-order valence-electron chi connectivity index (χ3n) is 6.80. The van der Waals surface area contributed by atoms with Crippen molar-refractivity contribution in [2.24, 2.45) is 0 Å². The molecule has 34 heavy (non-hydrogen) atoms. The molecule has 4 aromatic rings. The number of fused-ring (bicyclic) bond motifs is 1. The van der Waals surface area contributed by atoms with Crippen LogP contribution in [0.25, 0.3) is 16.6 Å². The van der Waals surface area contributed by atoms with Gasteiger partial charge in [-0.2, -0.15) is 20.7 Å². The Morgan fingerprint density at radius 1 is 1.09 bits per heavy atom. The molecule has 0 amide bonds. The van der Waals surface area contributed by atoms with E-state index >= 15 is 0 Å². The van der Waals surface area contributed by atoms with Gasteiger partial charge in [-0.3, -0.25) is 4.68 Å². The van der Waals surface area contributed by atoms with Crippen LogP contribution >= 0.6 is 11.8 Å². The number of likely N-dealkylation sites (N-methyl/N-ethyl adjacent to an activating group) is 1. The van der Waals surface area contributed by atoms with E-state index in [0.29, 0.717) is 17.2 Å². The molecule has 3 aromatic heterocycles. The minimum absolute atomic E-state index is 0.274. The summed E-state index contributed by atoms with van der Waals surface area (Å²) in [5, 5.41) is 28.4. The first-order chi connectivity index (χ1) is 16.5. The number of nitrogens with zero attached hydrogens (tertiary/aromatic N) is 7. The molecule has 4 heterocycles. The first-order valence-electron chi connectivity index (χ1n) is 11.3. The van der Waals surface area contributed by atoms with E-state index < -0.39 is 0 Å². The summed E-state index contributed by atoms with van der Waals surface area (Å²) in [7, 11) is 2.19. The molecule has 2 atom stereocenters. The highest BCUT2D eigenvalue weighted by Crippen LogP contribution is 2.38. The van der Waals surface area contributed by atoms with Crippen LogP contribution in [0.5, 0.6) is 0 Å². The fourth-order valence-electron chi connectivity index (χ4n) is 4.98. The van der Waals surface area contributed by atoms with E-state index in [1.807, 2.05) is 30.6 Å². The molecule has 170 valence electrons. The van der Waals surface area contributed by atoms with Crippen molar-refractivity contribution >= 4 is 17.3 Å². The zero-order chi connectivity index (χ0) is 23.8.